The van der Waals surface area contributed by atoms with Crippen LogP contribution in [0.2, 0.25) is 0 Å². The van der Waals surface area contributed by atoms with E-state index in [1.807, 2.05) is 0 Å². The Bertz CT molecular complexity index is 561. The molecule has 0 aromatic heterocycles. The average Bonchev–Trinajstić information content (AvgIpc) is 2.49. The molecule has 2 aromatic rings. The van der Waals surface area contributed by atoms with Gasteiger partial charge >= 0.3 is 0 Å². The zero-order chi connectivity index (χ0) is 12.2. The number of hydrogen-bond acceptors (Lipinski definition) is 0. The van der Waals surface area contributed by atoms with E-state index in [-0.39, 0.29) is 5.41 Å². The largest absolute Gasteiger partial charge is 0.0711 e. The van der Waals surface area contributed by atoms with Gasteiger partial charge in [-0.25, -0.2) is 0 Å². The van der Waals surface area contributed by atoms with E-state index in [1.165, 1.54) is 22.3 Å². The van der Waals surface area contributed by atoms with Crippen LogP contribution in [0.4, 0.5) is 0 Å². The van der Waals surface area contributed by atoms with Crippen LogP contribution in [0.3, 0.4) is 0 Å². The summed E-state index contributed by atoms with van der Waals surface area (Å²) in [5.41, 5.74) is 5.61. The molecule has 2 aromatic carbocycles. The fraction of sp³-hybridized carbons (Fsp3) is 0.200. The monoisotopic (exact) mass is 299 g/mol. The Hall–Kier alpha value is -0.863. The number of fused-ring (bicyclic) bond motifs is 3. The molecule has 0 heterocycles. The highest BCUT2D eigenvalue weighted by Gasteiger charge is 2.35. The van der Waals surface area contributed by atoms with E-state index >= 15 is 0 Å². The second kappa shape index (κ2) is 3.56. The third kappa shape index (κ3) is 1.54. The van der Waals surface area contributed by atoms with Crippen LogP contribution in [0.1, 0.15) is 25.0 Å². The molecule has 83 valence electrons. The van der Waals surface area contributed by atoms with Crippen LogP contribution in [-0.2, 0) is 5.41 Å². The summed E-state index contributed by atoms with van der Waals surface area (Å²) < 4.78 is 1.15. The molecule has 3 radical (unpaired) electrons. The summed E-state index contributed by atoms with van der Waals surface area (Å²) >= 11 is 3.57. The molecule has 1 aliphatic rings. The molecule has 1 aliphatic carbocycles. The van der Waals surface area contributed by atoms with E-state index in [9.17, 15) is 0 Å². The van der Waals surface area contributed by atoms with Crippen LogP contribution >= 0.6 is 15.9 Å². The fourth-order valence-electron chi connectivity index (χ4n) is 2.71. The first kappa shape index (κ1) is 11.2. The van der Waals surface area contributed by atoms with E-state index in [4.69, 9.17) is 0 Å². The highest BCUT2D eigenvalue weighted by molar-refractivity contribution is 9.10. The Morgan fingerprint density at radius 3 is 2.24 bits per heavy atom. The minimum absolute atomic E-state index is 0.0805. The van der Waals surface area contributed by atoms with Crippen LogP contribution in [0.15, 0.2) is 40.9 Å². The molecule has 0 N–H and O–H groups in total. The number of hydrogen-bond donors (Lipinski definition) is 0. The molecule has 3 rings (SSSR count). The minimum Gasteiger partial charge on any atom is -0.0670 e. The van der Waals surface area contributed by atoms with Gasteiger partial charge in [0.05, 0.1) is 10.2 Å². The van der Waals surface area contributed by atoms with Crippen molar-refractivity contribution >= 4 is 31.4 Å². The number of benzene rings is 2. The van der Waals surface area contributed by atoms with Crippen molar-refractivity contribution < 1.29 is 0 Å². The lowest BCUT2D eigenvalue weighted by Crippen LogP contribution is -2.17. The Balaban J connectivity index is 2.37. The SMILES string of the molecule is CC1(C)c2cc([Si])ccc2-c2ccc(Br)cc21. The Labute approximate surface area is 114 Å². The normalized spacial score (nSPS) is 15.5. The van der Waals surface area contributed by atoms with Crippen molar-refractivity contribution in [3.63, 3.8) is 0 Å². The lowest BCUT2D eigenvalue weighted by molar-refractivity contribution is 0.660. The quantitative estimate of drug-likeness (QED) is 0.653. The lowest BCUT2D eigenvalue weighted by atomic mass is 9.82. The van der Waals surface area contributed by atoms with Gasteiger partial charge in [-0.15, -0.1) is 0 Å². The zero-order valence-electron chi connectivity index (χ0n) is 9.84. The Morgan fingerprint density at radius 2 is 1.53 bits per heavy atom. The smallest absolute Gasteiger partial charge is 0.0670 e. The van der Waals surface area contributed by atoms with Crippen molar-refractivity contribution in [1.29, 1.82) is 0 Å². The van der Waals surface area contributed by atoms with E-state index in [0.717, 1.165) is 9.66 Å². The third-order valence-corrected chi connectivity index (χ3v) is 4.44. The molecule has 0 atom stereocenters. The average molecular weight is 300 g/mol. The standard InChI is InChI=1S/C15H12BrSi/c1-15(2)13-7-9(16)3-5-11(13)12-6-4-10(17)8-14(12)15/h3-8H,1-2H3. The van der Waals surface area contributed by atoms with Crippen LogP contribution in [0.25, 0.3) is 11.1 Å². The first-order valence-electron chi connectivity index (χ1n) is 5.67. The highest BCUT2D eigenvalue weighted by Crippen LogP contribution is 2.48. The molecular weight excluding hydrogens is 288 g/mol. The second-order valence-electron chi connectivity index (χ2n) is 5.08. The Morgan fingerprint density at radius 1 is 0.941 bits per heavy atom. The molecule has 0 nitrogen and oxygen atoms in total. The molecule has 0 bridgehead atoms. The predicted molar refractivity (Wildman–Crippen MR) is 77.1 cm³/mol. The van der Waals surface area contributed by atoms with E-state index in [0.29, 0.717) is 0 Å². The highest BCUT2D eigenvalue weighted by atomic mass is 79.9. The first-order chi connectivity index (χ1) is 8.00. The van der Waals surface area contributed by atoms with Crippen molar-refractivity contribution in [2.24, 2.45) is 0 Å². The van der Waals surface area contributed by atoms with Crippen molar-refractivity contribution in [3.8, 4) is 11.1 Å². The fourth-order valence-corrected chi connectivity index (χ4v) is 3.30. The molecule has 2 heteroatoms. The molecule has 0 saturated carbocycles. The molecule has 0 aliphatic heterocycles. The van der Waals surface area contributed by atoms with Gasteiger partial charge in [0, 0.05) is 9.89 Å². The molecule has 17 heavy (non-hydrogen) atoms. The third-order valence-electron chi connectivity index (χ3n) is 3.64. The minimum atomic E-state index is 0.0805. The van der Waals surface area contributed by atoms with Gasteiger partial charge in [0.2, 0.25) is 0 Å². The zero-order valence-corrected chi connectivity index (χ0v) is 12.4. The maximum atomic E-state index is 3.62. The van der Waals surface area contributed by atoms with Crippen LogP contribution in [-0.4, -0.2) is 10.2 Å². The number of rotatable bonds is 0. The van der Waals surface area contributed by atoms with Gasteiger partial charge in [-0.05, 0) is 34.4 Å². The maximum Gasteiger partial charge on any atom is 0.0711 e. The van der Waals surface area contributed by atoms with Crippen molar-refractivity contribution in [1.82, 2.24) is 0 Å². The van der Waals surface area contributed by atoms with Gasteiger partial charge < -0.3 is 0 Å². The Kier molecular flexibility index (Phi) is 2.36. The van der Waals surface area contributed by atoms with Crippen LogP contribution in [0, 0.1) is 0 Å². The van der Waals surface area contributed by atoms with Gasteiger partial charge in [0.25, 0.3) is 0 Å². The van der Waals surface area contributed by atoms with Gasteiger partial charge in [0.1, 0.15) is 0 Å². The number of halogens is 1. The van der Waals surface area contributed by atoms with Gasteiger partial charge in [-0.3, -0.25) is 0 Å². The lowest BCUT2D eigenvalue weighted by Gasteiger charge is -2.21. The van der Waals surface area contributed by atoms with Crippen molar-refractivity contribution in [3.05, 3.63) is 52.0 Å². The van der Waals surface area contributed by atoms with Crippen LogP contribution in [0.5, 0.6) is 0 Å². The molecule has 0 unspecified atom stereocenters. The summed E-state index contributed by atoms with van der Waals surface area (Å²) in [7, 11) is 3.62. The molecule has 0 spiro atoms. The van der Waals surface area contributed by atoms with Crippen LogP contribution < -0.4 is 5.19 Å². The molecular formula is C15H12BrSi. The summed E-state index contributed by atoms with van der Waals surface area (Å²) in [5.74, 6) is 0. The summed E-state index contributed by atoms with van der Waals surface area (Å²) in [6, 6.07) is 13.1. The van der Waals surface area contributed by atoms with E-state index < -0.39 is 0 Å². The first-order valence-corrected chi connectivity index (χ1v) is 6.96. The van der Waals surface area contributed by atoms with Crippen molar-refractivity contribution in [2.75, 3.05) is 0 Å². The summed E-state index contributed by atoms with van der Waals surface area (Å²) in [6.45, 7) is 4.57. The molecule has 0 amide bonds. The topological polar surface area (TPSA) is 0 Å². The van der Waals surface area contributed by atoms with Gasteiger partial charge in [-0.1, -0.05) is 59.2 Å². The second-order valence-corrected chi connectivity index (χ2v) is 6.57. The van der Waals surface area contributed by atoms with E-state index in [1.54, 1.807) is 0 Å². The maximum absolute atomic E-state index is 3.62. The van der Waals surface area contributed by atoms with E-state index in [2.05, 4.69) is 76.4 Å². The summed E-state index contributed by atoms with van der Waals surface area (Å²) in [5, 5.41) is 1.14. The summed E-state index contributed by atoms with van der Waals surface area (Å²) in [4.78, 5) is 0. The van der Waals surface area contributed by atoms with Crippen molar-refractivity contribution in [2.45, 2.75) is 19.3 Å². The van der Waals surface area contributed by atoms with Gasteiger partial charge in [0.15, 0.2) is 0 Å². The molecule has 0 saturated heterocycles. The van der Waals surface area contributed by atoms with Gasteiger partial charge in [-0.2, -0.15) is 0 Å². The molecule has 0 fully saturated rings. The summed E-state index contributed by atoms with van der Waals surface area (Å²) in [6.07, 6.45) is 0. The predicted octanol–water partition coefficient (Wildman–Crippen LogP) is 3.55.